The number of benzene rings is 2. The summed E-state index contributed by atoms with van der Waals surface area (Å²) in [6.07, 6.45) is 1.47. The molecule has 2 saturated heterocycles. The summed E-state index contributed by atoms with van der Waals surface area (Å²) in [6, 6.07) is 15.6. The summed E-state index contributed by atoms with van der Waals surface area (Å²) in [6.45, 7) is 4.66. The number of carbonyl (C=O) groups is 2. The van der Waals surface area contributed by atoms with E-state index in [1.807, 2.05) is 48.5 Å². The number of ether oxygens (including phenoxy) is 1. The molecule has 2 N–H and O–H groups in total. The highest BCUT2D eigenvalue weighted by molar-refractivity contribution is 5.94. The van der Waals surface area contributed by atoms with Crippen LogP contribution >= 0.6 is 0 Å². The fourth-order valence-corrected chi connectivity index (χ4v) is 4.37. The second-order valence-electron chi connectivity index (χ2n) is 8.73. The lowest BCUT2D eigenvalue weighted by atomic mass is 9.96. The van der Waals surface area contributed by atoms with Crippen molar-refractivity contribution in [1.29, 1.82) is 0 Å². The summed E-state index contributed by atoms with van der Waals surface area (Å²) >= 11 is 0. The Morgan fingerprint density at radius 1 is 0.912 bits per heavy atom. The molecule has 34 heavy (non-hydrogen) atoms. The zero-order valence-electron chi connectivity index (χ0n) is 19.0. The van der Waals surface area contributed by atoms with Crippen LogP contribution in [0.1, 0.15) is 12.8 Å². The topological polar surface area (TPSA) is 99.9 Å². The third-order valence-electron chi connectivity index (χ3n) is 6.33. The predicted octanol–water partition coefficient (Wildman–Crippen LogP) is 2.95. The lowest BCUT2D eigenvalue weighted by Gasteiger charge is -2.30. The molecule has 9 heteroatoms. The van der Waals surface area contributed by atoms with Crippen LogP contribution < -0.4 is 15.5 Å². The number of fused-ring (bicyclic) bond motifs is 1. The van der Waals surface area contributed by atoms with Gasteiger partial charge in [0.2, 0.25) is 11.8 Å². The smallest absolute Gasteiger partial charge is 0.298 e. The van der Waals surface area contributed by atoms with Crippen molar-refractivity contribution < 1.29 is 18.7 Å². The van der Waals surface area contributed by atoms with Crippen LogP contribution in [0.15, 0.2) is 52.9 Å². The van der Waals surface area contributed by atoms with E-state index in [2.05, 4.69) is 25.4 Å². The van der Waals surface area contributed by atoms with E-state index in [-0.39, 0.29) is 17.7 Å². The van der Waals surface area contributed by atoms with Gasteiger partial charge >= 0.3 is 0 Å². The van der Waals surface area contributed by atoms with Gasteiger partial charge < -0.3 is 24.7 Å². The minimum Gasteiger partial charge on any atom is -0.423 e. The van der Waals surface area contributed by atoms with Crippen molar-refractivity contribution in [3.8, 4) is 0 Å². The van der Waals surface area contributed by atoms with Gasteiger partial charge in [-0.2, -0.15) is 4.98 Å². The van der Waals surface area contributed by atoms with Gasteiger partial charge in [0.05, 0.1) is 19.8 Å². The number of hydrogen-bond acceptors (Lipinski definition) is 7. The fourth-order valence-electron chi connectivity index (χ4n) is 4.37. The molecule has 2 amide bonds. The number of aromatic nitrogens is 1. The van der Waals surface area contributed by atoms with Crippen molar-refractivity contribution >= 4 is 40.3 Å². The maximum absolute atomic E-state index is 12.8. The molecular formula is C25H29N5O4. The normalized spacial score (nSPS) is 17.6. The number of nitrogens with one attached hydrogen (secondary N) is 2. The van der Waals surface area contributed by atoms with Gasteiger partial charge in [0.15, 0.2) is 5.58 Å². The van der Waals surface area contributed by atoms with E-state index in [1.54, 1.807) is 0 Å². The van der Waals surface area contributed by atoms with Crippen LogP contribution in [0.2, 0.25) is 0 Å². The first-order valence-electron chi connectivity index (χ1n) is 11.8. The monoisotopic (exact) mass is 463 g/mol. The van der Waals surface area contributed by atoms with Gasteiger partial charge in [-0.15, -0.1) is 0 Å². The molecule has 9 nitrogen and oxygen atoms in total. The first kappa shape index (κ1) is 22.4. The van der Waals surface area contributed by atoms with Crippen LogP contribution in [-0.2, 0) is 14.3 Å². The molecule has 0 spiro atoms. The fraction of sp³-hybridized carbons (Fsp3) is 0.400. The zero-order valence-corrected chi connectivity index (χ0v) is 19.0. The second-order valence-corrected chi connectivity index (χ2v) is 8.73. The molecule has 0 saturated carbocycles. The quantitative estimate of drug-likeness (QED) is 0.580. The Labute approximate surface area is 198 Å². The molecule has 3 heterocycles. The zero-order chi connectivity index (χ0) is 23.3. The summed E-state index contributed by atoms with van der Waals surface area (Å²) in [5.74, 6) is -0.0979. The highest BCUT2D eigenvalue weighted by Gasteiger charge is 2.27. The number of anilines is 3. The van der Waals surface area contributed by atoms with Crippen LogP contribution in [0.3, 0.4) is 0 Å². The van der Waals surface area contributed by atoms with E-state index in [1.165, 1.54) is 0 Å². The van der Waals surface area contributed by atoms with Gasteiger partial charge in [-0.3, -0.25) is 14.5 Å². The van der Waals surface area contributed by atoms with E-state index in [0.29, 0.717) is 31.5 Å². The van der Waals surface area contributed by atoms with Crippen molar-refractivity contribution in [3.05, 3.63) is 48.5 Å². The van der Waals surface area contributed by atoms with Crippen LogP contribution in [-0.4, -0.2) is 67.6 Å². The Morgan fingerprint density at radius 2 is 1.59 bits per heavy atom. The van der Waals surface area contributed by atoms with Crippen LogP contribution in [0.5, 0.6) is 0 Å². The van der Waals surface area contributed by atoms with Gasteiger partial charge in [0, 0.05) is 43.5 Å². The SMILES string of the molecule is O=C(CN1CCOCC1)Nc1ccc(NC(=O)C2CCN(c3nc4ccccc4o3)CC2)cc1. The van der Waals surface area contributed by atoms with E-state index in [0.717, 1.165) is 55.8 Å². The summed E-state index contributed by atoms with van der Waals surface area (Å²) in [7, 11) is 0. The van der Waals surface area contributed by atoms with Gasteiger partial charge in [-0.1, -0.05) is 12.1 Å². The standard InChI is InChI=1S/C25H29N5O4/c31-23(17-29-13-15-33-16-14-29)26-19-5-7-20(8-6-19)27-24(32)18-9-11-30(12-10-18)25-28-21-3-1-2-4-22(21)34-25/h1-8,18H,9-17H2,(H,26,31)(H,27,32). The first-order chi connectivity index (χ1) is 16.6. The average molecular weight is 464 g/mol. The van der Waals surface area contributed by atoms with Crippen molar-refractivity contribution in [2.75, 3.05) is 61.5 Å². The van der Waals surface area contributed by atoms with Crippen molar-refractivity contribution in [3.63, 3.8) is 0 Å². The van der Waals surface area contributed by atoms with E-state index in [4.69, 9.17) is 9.15 Å². The molecule has 2 aliphatic heterocycles. The Morgan fingerprint density at radius 3 is 2.29 bits per heavy atom. The van der Waals surface area contributed by atoms with E-state index >= 15 is 0 Å². The molecule has 1 aromatic heterocycles. The molecule has 178 valence electrons. The number of para-hydroxylation sites is 2. The van der Waals surface area contributed by atoms with Crippen LogP contribution in [0.4, 0.5) is 17.4 Å². The second kappa shape index (κ2) is 10.2. The lowest BCUT2D eigenvalue weighted by molar-refractivity contribution is -0.120. The largest absolute Gasteiger partial charge is 0.423 e. The van der Waals surface area contributed by atoms with E-state index in [9.17, 15) is 9.59 Å². The number of hydrogen-bond donors (Lipinski definition) is 2. The molecule has 0 unspecified atom stereocenters. The molecule has 0 bridgehead atoms. The van der Waals surface area contributed by atoms with Gasteiger partial charge in [-0.05, 0) is 49.2 Å². The summed E-state index contributed by atoms with van der Waals surface area (Å²) in [4.78, 5) is 33.8. The maximum atomic E-state index is 12.8. The van der Waals surface area contributed by atoms with Crippen molar-refractivity contribution in [2.24, 2.45) is 5.92 Å². The van der Waals surface area contributed by atoms with Crippen LogP contribution in [0, 0.1) is 5.92 Å². The Hall–Kier alpha value is -3.43. The molecule has 3 aromatic rings. The number of amides is 2. The van der Waals surface area contributed by atoms with Gasteiger partial charge in [-0.25, -0.2) is 0 Å². The summed E-state index contributed by atoms with van der Waals surface area (Å²) in [5, 5.41) is 5.91. The number of rotatable bonds is 6. The van der Waals surface area contributed by atoms with E-state index < -0.39 is 0 Å². The molecule has 0 radical (unpaired) electrons. The van der Waals surface area contributed by atoms with Gasteiger partial charge in [0.1, 0.15) is 5.52 Å². The minimum atomic E-state index is -0.0615. The molecule has 2 aromatic carbocycles. The van der Waals surface area contributed by atoms with Crippen molar-refractivity contribution in [1.82, 2.24) is 9.88 Å². The molecule has 0 atom stereocenters. The van der Waals surface area contributed by atoms with Gasteiger partial charge in [0.25, 0.3) is 6.01 Å². The number of morpholine rings is 1. The summed E-state index contributed by atoms with van der Waals surface area (Å²) < 4.78 is 11.2. The number of piperidine rings is 1. The minimum absolute atomic E-state index is 0.0151. The number of nitrogens with zero attached hydrogens (tertiary/aromatic N) is 3. The van der Waals surface area contributed by atoms with Crippen LogP contribution in [0.25, 0.3) is 11.1 Å². The molecule has 5 rings (SSSR count). The number of carbonyl (C=O) groups excluding carboxylic acids is 2. The Bertz CT molecular complexity index is 1100. The maximum Gasteiger partial charge on any atom is 0.298 e. The number of oxazole rings is 1. The molecular weight excluding hydrogens is 434 g/mol. The Kier molecular flexibility index (Phi) is 6.73. The lowest BCUT2D eigenvalue weighted by Crippen LogP contribution is -2.41. The predicted molar refractivity (Wildman–Crippen MR) is 130 cm³/mol. The highest BCUT2D eigenvalue weighted by atomic mass is 16.5. The third kappa shape index (κ3) is 5.37. The first-order valence-corrected chi connectivity index (χ1v) is 11.8. The highest BCUT2D eigenvalue weighted by Crippen LogP contribution is 2.27. The molecule has 2 aliphatic rings. The Balaban J connectivity index is 1.09. The third-order valence-corrected chi connectivity index (χ3v) is 6.33. The van der Waals surface area contributed by atoms with Crippen molar-refractivity contribution in [2.45, 2.75) is 12.8 Å². The average Bonchev–Trinajstić information content (AvgIpc) is 3.30. The summed E-state index contributed by atoms with van der Waals surface area (Å²) in [5.41, 5.74) is 3.05. The molecule has 0 aliphatic carbocycles. The molecule has 2 fully saturated rings.